The maximum absolute atomic E-state index is 8.15. The molecule has 0 rings (SSSR count). The Morgan fingerprint density at radius 1 is 1.27 bits per heavy atom. The van der Waals surface area contributed by atoms with E-state index in [0.717, 1.165) is 12.8 Å². The van der Waals surface area contributed by atoms with Crippen LogP contribution in [0, 0.1) is 0 Å². The molecule has 0 aromatic carbocycles. The second kappa shape index (κ2) is 5.95. The third-order valence-corrected chi connectivity index (χ3v) is 2.12. The van der Waals surface area contributed by atoms with Crippen molar-refractivity contribution in [2.24, 2.45) is 10.8 Å². The Labute approximate surface area is 91.6 Å². The number of ether oxygens (including phenoxy) is 1. The molecule has 0 fully saturated rings. The summed E-state index contributed by atoms with van der Waals surface area (Å²) in [5.41, 5.74) is 13.5. The first kappa shape index (κ1) is 14.2. The van der Waals surface area contributed by atoms with E-state index in [1.807, 2.05) is 27.7 Å². The summed E-state index contributed by atoms with van der Waals surface area (Å²) in [6, 6.07) is 0. The Morgan fingerprint density at radius 2 is 1.87 bits per heavy atom. The van der Waals surface area contributed by atoms with Gasteiger partial charge in [-0.15, -0.1) is 0 Å². The molecule has 0 spiro atoms. The van der Waals surface area contributed by atoms with Crippen LogP contribution >= 0.6 is 0 Å². The Hall–Kier alpha value is -0.770. The van der Waals surface area contributed by atoms with E-state index in [0.29, 0.717) is 13.2 Å². The first-order chi connectivity index (χ1) is 6.77. The van der Waals surface area contributed by atoms with Crippen LogP contribution < -0.4 is 5.73 Å². The van der Waals surface area contributed by atoms with Gasteiger partial charge in [0.25, 0.3) is 0 Å². The second-order valence-corrected chi connectivity index (χ2v) is 5.05. The van der Waals surface area contributed by atoms with E-state index in [9.17, 15) is 0 Å². The van der Waals surface area contributed by atoms with Crippen molar-refractivity contribution < 1.29 is 4.74 Å². The molecule has 0 aromatic rings. The molecule has 0 heterocycles. The highest BCUT2D eigenvalue weighted by molar-refractivity contribution is 4.74. The molecule has 5 nitrogen and oxygen atoms in total. The molecule has 0 aliphatic rings. The van der Waals surface area contributed by atoms with Crippen molar-refractivity contribution >= 4 is 0 Å². The molecule has 0 aliphatic carbocycles. The van der Waals surface area contributed by atoms with Crippen LogP contribution in [0.3, 0.4) is 0 Å². The topological polar surface area (TPSA) is 84.0 Å². The molecule has 15 heavy (non-hydrogen) atoms. The van der Waals surface area contributed by atoms with E-state index in [-0.39, 0.29) is 11.1 Å². The van der Waals surface area contributed by atoms with Crippen molar-refractivity contribution in [2.75, 3.05) is 13.2 Å². The summed E-state index contributed by atoms with van der Waals surface area (Å²) >= 11 is 0. The number of azide groups is 1. The number of nitrogens with two attached hydrogens (primary N) is 1. The summed E-state index contributed by atoms with van der Waals surface area (Å²) in [7, 11) is 0. The SMILES string of the molecule is CC(C)(N)CCOC(C)(C)CCN=[N+]=[N-]. The molecule has 0 radical (unpaired) electrons. The van der Waals surface area contributed by atoms with Crippen LogP contribution in [0.4, 0.5) is 0 Å². The molecule has 0 saturated carbocycles. The fourth-order valence-corrected chi connectivity index (χ4v) is 1.03. The molecular formula is C10H22N4O. The van der Waals surface area contributed by atoms with Gasteiger partial charge in [-0.25, -0.2) is 0 Å². The lowest BCUT2D eigenvalue weighted by Crippen LogP contribution is -2.35. The van der Waals surface area contributed by atoms with Gasteiger partial charge < -0.3 is 10.5 Å². The van der Waals surface area contributed by atoms with Gasteiger partial charge in [-0.05, 0) is 46.1 Å². The standard InChI is InChI=1S/C10H22N4O/c1-9(2,11)6-8-15-10(3,4)5-7-13-14-12/h5-8,11H2,1-4H3. The minimum Gasteiger partial charge on any atom is -0.376 e. The predicted octanol–water partition coefficient (Wildman–Crippen LogP) is 2.61. The summed E-state index contributed by atoms with van der Waals surface area (Å²) in [5, 5.41) is 3.49. The molecule has 0 unspecified atom stereocenters. The maximum atomic E-state index is 8.15. The van der Waals surface area contributed by atoms with Gasteiger partial charge in [-0.1, -0.05) is 5.11 Å². The summed E-state index contributed by atoms with van der Waals surface area (Å²) in [6.07, 6.45) is 1.54. The largest absolute Gasteiger partial charge is 0.376 e. The third kappa shape index (κ3) is 9.53. The molecule has 0 saturated heterocycles. The van der Waals surface area contributed by atoms with E-state index >= 15 is 0 Å². The zero-order valence-corrected chi connectivity index (χ0v) is 10.2. The Balaban J connectivity index is 3.78. The highest BCUT2D eigenvalue weighted by Crippen LogP contribution is 2.16. The van der Waals surface area contributed by atoms with Gasteiger partial charge in [0.05, 0.1) is 5.60 Å². The van der Waals surface area contributed by atoms with Crippen LogP contribution in [0.15, 0.2) is 5.11 Å². The Morgan fingerprint density at radius 3 is 2.33 bits per heavy atom. The first-order valence-corrected chi connectivity index (χ1v) is 5.20. The van der Waals surface area contributed by atoms with Crippen LogP contribution in [0.5, 0.6) is 0 Å². The maximum Gasteiger partial charge on any atom is 0.0627 e. The van der Waals surface area contributed by atoms with Gasteiger partial charge in [-0.3, -0.25) is 0 Å². The summed E-state index contributed by atoms with van der Waals surface area (Å²) in [6.45, 7) is 9.03. The smallest absolute Gasteiger partial charge is 0.0627 e. The quantitative estimate of drug-likeness (QED) is 0.401. The number of hydrogen-bond donors (Lipinski definition) is 1. The molecule has 2 N–H and O–H groups in total. The minimum absolute atomic E-state index is 0.194. The van der Waals surface area contributed by atoms with Gasteiger partial charge in [0.15, 0.2) is 0 Å². The molecule has 0 aliphatic heterocycles. The van der Waals surface area contributed by atoms with Crippen LogP contribution in [0.2, 0.25) is 0 Å². The van der Waals surface area contributed by atoms with Gasteiger partial charge in [-0.2, -0.15) is 0 Å². The van der Waals surface area contributed by atoms with Crippen molar-refractivity contribution in [1.29, 1.82) is 0 Å². The fourth-order valence-electron chi connectivity index (χ4n) is 1.03. The Kier molecular flexibility index (Phi) is 5.65. The van der Waals surface area contributed by atoms with Crippen LogP contribution in [0.25, 0.3) is 10.4 Å². The lowest BCUT2D eigenvalue weighted by atomic mass is 10.0. The van der Waals surface area contributed by atoms with Crippen LogP contribution in [0.1, 0.15) is 40.5 Å². The molecule has 0 aromatic heterocycles. The molecule has 0 atom stereocenters. The monoisotopic (exact) mass is 214 g/mol. The lowest BCUT2D eigenvalue weighted by molar-refractivity contribution is -0.0273. The predicted molar refractivity (Wildman–Crippen MR) is 61.5 cm³/mol. The molecular weight excluding hydrogens is 192 g/mol. The highest BCUT2D eigenvalue weighted by atomic mass is 16.5. The first-order valence-electron chi connectivity index (χ1n) is 5.20. The zero-order chi connectivity index (χ0) is 11.9. The zero-order valence-electron chi connectivity index (χ0n) is 10.2. The Bertz CT molecular complexity index is 226. The second-order valence-electron chi connectivity index (χ2n) is 5.05. The molecule has 5 heteroatoms. The molecule has 88 valence electrons. The summed E-state index contributed by atoms with van der Waals surface area (Å²) in [5.74, 6) is 0. The van der Waals surface area contributed by atoms with E-state index in [1.54, 1.807) is 0 Å². The van der Waals surface area contributed by atoms with E-state index in [1.165, 1.54) is 0 Å². The molecule has 0 amide bonds. The molecule has 0 bridgehead atoms. The minimum atomic E-state index is -0.251. The van der Waals surface area contributed by atoms with Crippen molar-refractivity contribution in [3.63, 3.8) is 0 Å². The van der Waals surface area contributed by atoms with E-state index in [4.69, 9.17) is 16.0 Å². The fraction of sp³-hybridized carbons (Fsp3) is 1.00. The van der Waals surface area contributed by atoms with Crippen LogP contribution in [-0.2, 0) is 4.74 Å². The average Bonchev–Trinajstić information content (AvgIpc) is 2.01. The number of hydrogen-bond acceptors (Lipinski definition) is 3. The third-order valence-electron chi connectivity index (χ3n) is 2.12. The van der Waals surface area contributed by atoms with Gasteiger partial charge in [0.2, 0.25) is 0 Å². The van der Waals surface area contributed by atoms with Gasteiger partial charge >= 0.3 is 0 Å². The number of nitrogens with zero attached hydrogens (tertiary/aromatic N) is 3. The van der Waals surface area contributed by atoms with Crippen LogP contribution in [-0.4, -0.2) is 24.3 Å². The van der Waals surface area contributed by atoms with Crippen molar-refractivity contribution in [3.8, 4) is 0 Å². The van der Waals surface area contributed by atoms with Crippen molar-refractivity contribution in [1.82, 2.24) is 0 Å². The highest BCUT2D eigenvalue weighted by Gasteiger charge is 2.19. The average molecular weight is 214 g/mol. The lowest BCUT2D eigenvalue weighted by Gasteiger charge is -2.27. The van der Waals surface area contributed by atoms with Gasteiger partial charge in [0, 0.05) is 23.6 Å². The van der Waals surface area contributed by atoms with Crippen molar-refractivity contribution in [3.05, 3.63) is 10.4 Å². The van der Waals surface area contributed by atoms with E-state index in [2.05, 4.69) is 10.0 Å². The van der Waals surface area contributed by atoms with Crippen molar-refractivity contribution in [2.45, 2.75) is 51.7 Å². The van der Waals surface area contributed by atoms with Gasteiger partial charge in [0.1, 0.15) is 0 Å². The van der Waals surface area contributed by atoms with E-state index < -0.39 is 0 Å². The normalized spacial score (nSPS) is 12.3. The summed E-state index contributed by atoms with van der Waals surface area (Å²) < 4.78 is 5.69. The number of rotatable bonds is 7. The summed E-state index contributed by atoms with van der Waals surface area (Å²) in [4.78, 5) is 2.71.